The van der Waals surface area contributed by atoms with E-state index in [1.54, 1.807) is 13.0 Å². The van der Waals surface area contributed by atoms with Crippen molar-refractivity contribution < 1.29 is 14.1 Å². The minimum Gasteiger partial charge on any atom is -0.360 e. The molecule has 1 aliphatic rings. The molecule has 1 aromatic heterocycles. The Morgan fingerprint density at radius 3 is 2.42 bits per heavy atom. The van der Waals surface area contributed by atoms with Crippen molar-refractivity contribution in [3.05, 3.63) is 47.7 Å². The van der Waals surface area contributed by atoms with E-state index in [1.165, 1.54) is 17.4 Å². The number of aromatic nitrogens is 1. The number of benzene rings is 1. The highest BCUT2D eigenvalue weighted by molar-refractivity contribution is 5.96. The lowest BCUT2D eigenvalue weighted by atomic mass is 10.2. The molecule has 0 spiro atoms. The molecule has 0 bridgehead atoms. The number of nitrogens with zero attached hydrogens (tertiary/aromatic N) is 4. The maximum absolute atomic E-state index is 12.6. The van der Waals surface area contributed by atoms with Crippen molar-refractivity contribution in [3.63, 3.8) is 0 Å². The van der Waals surface area contributed by atoms with Crippen LogP contribution in [0, 0.1) is 6.92 Å². The van der Waals surface area contributed by atoms with Crippen molar-refractivity contribution in [3.8, 4) is 0 Å². The molecule has 0 aliphatic carbocycles. The van der Waals surface area contributed by atoms with Gasteiger partial charge < -0.3 is 9.42 Å². The maximum atomic E-state index is 12.6. The van der Waals surface area contributed by atoms with Gasteiger partial charge in [0.2, 0.25) is 11.8 Å². The van der Waals surface area contributed by atoms with Crippen molar-refractivity contribution in [2.24, 2.45) is 0 Å². The monoisotopic (exact) mass is 356 g/mol. The first kappa shape index (κ1) is 18.1. The molecule has 0 saturated carbocycles. The van der Waals surface area contributed by atoms with E-state index in [0.29, 0.717) is 24.7 Å². The molecule has 2 amide bonds. The standard InChI is InChI=1S/C19H24N4O3/c1-15-12-18(20-26-15)23(16(2)24)14-19(25)22-10-8-21(9-11-22)13-17-6-4-3-5-7-17/h3-7,12H,8-11,13-14H2,1-2H3. The number of amides is 2. The van der Waals surface area contributed by atoms with E-state index in [9.17, 15) is 9.59 Å². The van der Waals surface area contributed by atoms with Crippen LogP contribution in [0.3, 0.4) is 0 Å². The zero-order valence-electron chi connectivity index (χ0n) is 15.2. The topological polar surface area (TPSA) is 69.9 Å². The van der Waals surface area contributed by atoms with Gasteiger partial charge in [-0.2, -0.15) is 0 Å². The minimum atomic E-state index is -0.227. The summed E-state index contributed by atoms with van der Waals surface area (Å²) >= 11 is 0. The lowest BCUT2D eigenvalue weighted by molar-refractivity contribution is -0.132. The molecule has 7 nitrogen and oxygen atoms in total. The quantitative estimate of drug-likeness (QED) is 0.815. The number of carbonyl (C=O) groups excluding carboxylic acids is 2. The zero-order valence-corrected chi connectivity index (χ0v) is 15.2. The fourth-order valence-corrected chi connectivity index (χ4v) is 3.07. The second-order valence-electron chi connectivity index (χ2n) is 6.54. The summed E-state index contributed by atoms with van der Waals surface area (Å²) in [5.74, 6) is 0.689. The highest BCUT2D eigenvalue weighted by atomic mass is 16.5. The van der Waals surface area contributed by atoms with E-state index in [1.807, 2.05) is 23.1 Å². The number of rotatable bonds is 5. The number of anilines is 1. The van der Waals surface area contributed by atoms with Crippen LogP contribution >= 0.6 is 0 Å². The summed E-state index contributed by atoms with van der Waals surface area (Å²) < 4.78 is 5.02. The molecule has 3 rings (SSSR count). The van der Waals surface area contributed by atoms with Crippen LogP contribution in [0.1, 0.15) is 18.2 Å². The molecule has 138 valence electrons. The molecular formula is C19H24N4O3. The largest absolute Gasteiger partial charge is 0.360 e. The molecule has 26 heavy (non-hydrogen) atoms. The number of hydrogen-bond donors (Lipinski definition) is 0. The molecule has 1 aliphatic heterocycles. The molecule has 0 atom stereocenters. The first-order valence-electron chi connectivity index (χ1n) is 8.78. The molecule has 0 unspecified atom stereocenters. The summed E-state index contributed by atoms with van der Waals surface area (Å²) in [6.07, 6.45) is 0. The van der Waals surface area contributed by atoms with Gasteiger partial charge in [0.05, 0.1) is 0 Å². The highest BCUT2D eigenvalue weighted by Crippen LogP contribution is 2.15. The van der Waals surface area contributed by atoms with Crippen LogP contribution in [0.4, 0.5) is 5.82 Å². The van der Waals surface area contributed by atoms with Gasteiger partial charge in [0.15, 0.2) is 5.82 Å². The first-order chi connectivity index (χ1) is 12.5. The molecule has 2 heterocycles. The van der Waals surface area contributed by atoms with Crippen LogP contribution in [0.15, 0.2) is 40.9 Å². The Kier molecular flexibility index (Phi) is 5.68. The second kappa shape index (κ2) is 8.14. The number of hydrogen-bond acceptors (Lipinski definition) is 5. The maximum Gasteiger partial charge on any atom is 0.242 e. The second-order valence-corrected chi connectivity index (χ2v) is 6.54. The van der Waals surface area contributed by atoms with Gasteiger partial charge in [0.25, 0.3) is 0 Å². The van der Waals surface area contributed by atoms with E-state index in [0.717, 1.165) is 19.6 Å². The SMILES string of the molecule is CC(=O)N(CC(=O)N1CCN(Cc2ccccc2)CC1)c1cc(C)on1. The van der Waals surface area contributed by atoms with Gasteiger partial charge in [0, 0.05) is 45.7 Å². The van der Waals surface area contributed by atoms with Crippen LogP contribution in [0.25, 0.3) is 0 Å². The third-order valence-corrected chi connectivity index (χ3v) is 4.54. The lowest BCUT2D eigenvalue weighted by Gasteiger charge is -2.35. The van der Waals surface area contributed by atoms with Crippen molar-refractivity contribution in [1.29, 1.82) is 0 Å². The van der Waals surface area contributed by atoms with Gasteiger partial charge in [-0.1, -0.05) is 35.5 Å². The molecule has 2 aromatic rings. The Hall–Kier alpha value is -2.67. The Morgan fingerprint density at radius 2 is 1.85 bits per heavy atom. The highest BCUT2D eigenvalue weighted by Gasteiger charge is 2.25. The summed E-state index contributed by atoms with van der Waals surface area (Å²) in [7, 11) is 0. The smallest absolute Gasteiger partial charge is 0.242 e. The van der Waals surface area contributed by atoms with E-state index >= 15 is 0 Å². The molecule has 0 N–H and O–H groups in total. The molecule has 7 heteroatoms. The van der Waals surface area contributed by atoms with Crippen LogP contribution in [0.2, 0.25) is 0 Å². The molecule has 1 saturated heterocycles. The van der Waals surface area contributed by atoms with Crippen LogP contribution in [-0.2, 0) is 16.1 Å². The molecule has 1 aromatic carbocycles. The predicted molar refractivity (Wildman–Crippen MR) is 97.6 cm³/mol. The fraction of sp³-hybridized carbons (Fsp3) is 0.421. The summed E-state index contributed by atoms with van der Waals surface area (Å²) in [4.78, 5) is 30.0. The van der Waals surface area contributed by atoms with Gasteiger partial charge in [0.1, 0.15) is 12.3 Å². The first-order valence-corrected chi connectivity index (χ1v) is 8.78. The predicted octanol–water partition coefficient (Wildman–Crippen LogP) is 1.68. The van der Waals surface area contributed by atoms with Gasteiger partial charge in [-0.25, -0.2) is 0 Å². The van der Waals surface area contributed by atoms with Crippen molar-refractivity contribution in [2.45, 2.75) is 20.4 Å². The Morgan fingerprint density at radius 1 is 1.15 bits per heavy atom. The Balaban J connectivity index is 1.53. The van der Waals surface area contributed by atoms with Gasteiger partial charge in [-0.15, -0.1) is 0 Å². The Bertz CT molecular complexity index is 751. The molecule has 0 radical (unpaired) electrons. The van der Waals surface area contributed by atoms with Crippen molar-refractivity contribution in [1.82, 2.24) is 15.0 Å². The average molecular weight is 356 g/mol. The van der Waals surface area contributed by atoms with Crippen molar-refractivity contribution >= 4 is 17.6 Å². The third kappa shape index (κ3) is 4.49. The third-order valence-electron chi connectivity index (χ3n) is 4.54. The zero-order chi connectivity index (χ0) is 18.5. The van der Waals surface area contributed by atoms with Gasteiger partial charge >= 0.3 is 0 Å². The van der Waals surface area contributed by atoms with Crippen LogP contribution in [-0.4, -0.2) is 59.5 Å². The van der Waals surface area contributed by atoms with Crippen molar-refractivity contribution in [2.75, 3.05) is 37.6 Å². The van der Waals surface area contributed by atoms with E-state index in [-0.39, 0.29) is 18.4 Å². The van der Waals surface area contributed by atoms with Gasteiger partial charge in [-0.3, -0.25) is 19.4 Å². The number of carbonyl (C=O) groups is 2. The molecule has 1 fully saturated rings. The normalized spacial score (nSPS) is 15.1. The number of piperazine rings is 1. The summed E-state index contributed by atoms with van der Waals surface area (Å²) in [5.41, 5.74) is 1.27. The summed E-state index contributed by atoms with van der Waals surface area (Å²) in [5, 5.41) is 3.85. The van der Waals surface area contributed by atoms with E-state index in [2.05, 4.69) is 22.2 Å². The summed E-state index contributed by atoms with van der Waals surface area (Å²) in [6.45, 7) is 7.02. The Labute approximate surface area is 153 Å². The van der Waals surface area contributed by atoms with Crippen LogP contribution in [0.5, 0.6) is 0 Å². The average Bonchev–Trinajstić information content (AvgIpc) is 3.06. The molecular weight excluding hydrogens is 332 g/mol. The minimum absolute atomic E-state index is 0.0139. The fourth-order valence-electron chi connectivity index (χ4n) is 3.07. The number of aryl methyl sites for hydroxylation is 1. The van der Waals surface area contributed by atoms with Crippen LogP contribution < -0.4 is 4.90 Å². The summed E-state index contributed by atoms with van der Waals surface area (Å²) in [6, 6.07) is 12.0. The lowest BCUT2D eigenvalue weighted by Crippen LogP contribution is -2.51. The van der Waals surface area contributed by atoms with E-state index < -0.39 is 0 Å². The van der Waals surface area contributed by atoms with Gasteiger partial charge in [-0.05, 0) is 12.5 Å². The van der Waals surface area contributed by atoms with E-state index in [4.69, 9.17) is 4.52 Å².